The van der Waals surface area contributed by atoms with Gasteiger partial charge in [0.05, 0.1) is 27.7 Å². The first-order valence-corrected chi connectivity index (χ1v) is 8.50. The molecule has 0 aromatic carbocycles. The van der Waals surface area contributed by atoms with E-state index in [0.29, 0.717) is 15.0 Å². The molecule has 0 saturated heterocycles. The van der Waals surface area contributed by atoms with E-state index in [0.717, 1.165) is 4.88 Å². The van der Waals surface area contributed by atoms with E-state index < -0.39 is 30.5 Å². The van der Waals surface area contributed by atoms with E-state index in [1.54, 1.807) is 17.5 Å². The highest BCUT2D eigenvalue weighted by Crippen LogP contribution is 2.33. The van der Waals surface area contributed by atoms with E-state index in [9.17, 15) is 22.8 Å². The zero-order valence-corrected chi connectivity index (χ0v) is 14.2. The van der Waals surface area contributed by atoms with E-state index in [4.69, 9.17) is 16.7 Å². The lowest BCUT2D eigenvalue weighted by Crippen LogP contribution is -2.44. The summed E-state index contributed by atoms with van der Waals surface area (Å²) in [5.41, 5.74) is 0.341. The topological polar surface area (TPSA) is 79.3 Å². The average molecular weight is 399 g/mol. The number of nitrogens with one attached hydrogen (secondary N) is 1. The number of aromatic nitrogens is 1. The lowest BCUT2D eigenvalue weighted by Gasteiger charge is -2.15. The summed E-state index contributed by atoms with van der Waals surface area (Å²) in [7, 11) is 0. The number of carboxylic acid groups (broad SMARTS) is 1. The SMILES string of the molecule is O=C(Cc1csc(-c2ccc(Cl)s2)n1)NC(CC(F)(F)F)C(=O)O. The molecule has 0 aliphatic carbocycles. The summed E-state index contributed by atoms with van der Waals surface area (Å²) in [4.78, 5) is 27.6. The van der Waals surface area contributed by atoms with E-state index in [1.165, 1.54) is 22.7 Å². The van der Waals surface area contributed by atoms with Gasteiger partial charge in [0, 0.05) is 5.38 Å². The lowest BCUT2D eigenvalue weighted by atomic mass is 10.2. The molecule has 11 heteroatoms. The van der Waals surface area contributed by atoms with Gasteiger partial charge in [-0.15, -0.1) is 22.7 Å². The fraction of sp³-hybridized carbons (Fsp3) is 0.308. The van der Waals surface area contributed by atoms with Crippen LogP contribution in [-0.4, -0.2) is 34.2 Å². The third-order valence-corrected chi connectivity index (χ3v) is 5.04. The molecule has 0 radical (unpaired) electrons. The zero-order valence-electron chi connectivity index (χ0n) is 11.8. The molecule has 2 rings (SSSR count). The first kappa shape index (κ1) is 18.7. The molecule has 0 aliphatic heterocycles. The van der Waals surface area contributed by atoms with Gasteiger partial charge in [-0.2, -0.15) is 13.2 Å². The minimum Gasteiger partial charge on any atom is -0.480 e. The van der Waals surface area contributed by atoms with Gasteiger partial charge in [0.2, 0.25) is 5.91 Å². The maximum atomic E-state index is 12.3. The van der Waals surface area contributed by atoms with Crippen molar-refractivity contribution in [2.45, 2.75) is 25.1 Å². The van der Waals surface area contributed by atoms with Crippen molar-refractivity contribution in [1.82, 2.24) is 10.3 Å². The molecule has 130 valence electrons. The van der Waals surface area contributed by atoms with Crippen LogP contribution < -0.4 is 5.32 Å². The molecule has 0 spiro atoms. The van der Waals surface area contributed by atoms with Gasteiger partial charge < -0.3 is 10.4 Å². The van der Waals surface area contributed by atoms with Gasteiger partial charge in [0.15, 0.2) is 0 Å². The highest BCUT2D eigenvalue weighted by atomic mass is 35.5. The Morgan fingerprint density at radius 3 is 2.62 bits per heavy atom. The summed E-state index contributed by atoms with van der Waals surface area (Å²) in [5, 5.41) is 12.8. The fourth-order valence-corrected chi connectivity index (χ4v) is 3.71. The van der Waals surface area contributed by atoms with Gasteiger partial charge in [0.1, 0.15) is 11.0 Å². The molecule has 2 heterocycles. The summed E-state index contributed by atoms with van der Waals surface area (Å²) in [5.74, 6) is -2.58. The summed E-state index contributed by atoms with van der Waals surface area (Å²) in [6.45, 7) is 0. The first-order chi connectivity index (χ1) is 11.1. The molecule has 5 nitrogen and oxygen atoms in total. The number of rotatable bonds is 6. The van der Waals surface area contributed by atoms with Crippen LogP contribution in [0.5, 0.6) is 0 Å². The van der Waals surface area contributed by atoms with Crippen molar-refractivity contribution in [3.05, 3.63) is 27.5 Å². The predicted octanol–water partition coefficient (Wildman–Crippen LogP) is 3.59. The van der Waals surface area contributed by atoms with Crippen LogP contribution in [0, 0.1) is 0 Å². The number of hydrogen-bond acceptors (Lipinski definition) is 5. The van der Waals surface area contributed by atoms with Crippen LogP contribution in [0.1, 0.15) is 12.1 Å². The van der Waals surface area contributed by atoms with Gasteiger partial charge in [-0.25, -0.2) is 9.78 Å². The van der Waals surface area contributed by atoms with Gasteiger partial charge in [-0.1, -0.05) is 11.6 Å². The van der Waals surface area contributed by atoms with Crippen molar-refractivity contribution in [2.24, 2.45) is 0 Å². The minimum absolute atomic E-state index is 0.308. The number of carboxylic acids is 1. The number of amides is 1. The number of nitrogens with zero attached hydrogens (tertiary/aromatic N) is 1. The monoisotopic (exact) mass is 398 g/mol. The van der Waals surface area contributed by atoms with Crippen LogP contribution in [0.4, 0.5) is 13.2 Å². The zero-order chi connectivity index (χ0) is 17.9. The maximum absolute atomic E-state index is 12.3. The third kappa shape index (κ3) is 5.46. The molecule has 0 aliphatic rings. The summed E-state index contributed by atoms with van der Waals surface area (Å²) < 4.78 is 37.5. The molecule has 1 atom stereocenters. The molecule has 2 aromatic rings. The van der Waals surface area contributed by atoms with Crippen molar-refractivity contribution in [1.29, 1.82) is 0 Å². The van der Waals surface area contributed by atoms with Crippen LogP contribution in [-0.2, 0) is 16.0 Å². The van der Waals surface area contributed by atoms with Crippen molar-refractivity contribution >= 4 is 46.2 Å². The molecule has 0 fully saturated rings. The second-order valence-corrected chi connectivity index (χ2v) is 7.28. The molecular formula is C13H10ClF3N2O3S2. The number of thiazole rings is 1. The molecule has 2 aromatic heterocycles. The Labute approximate surface area is 147 Å². The van der Waals surface area contributed by atoms with Gasteiger partial charge in [0.25, 0.3) is 0 Å². The third-order valence-electron chi connectivity index (χ3n) is 2.75. The van der Waals surface area contributed by atoms with E-state index in [1.807, 2.05) is 5.32 Å². The summed E-state index contributed by atoms with van der Waals surface area (Å²) >= 11 is 8.39. The fourth-order valence-electron chi connectivity index (χ4n) is 1.77. The number of aliphatic carboxylic acids is 1. The highest BCUT2D eigenvalue weighted by Gasteiger charge is 2.36. The van der Waals surface area contributed by atoms with Crippen molar-refractivity contribution in [2.75, 3.05) is 0 Å². The number of carbonyl (C=O) groups excluding carboxylic acids is 1. The molecule has 0 bridgehead atoms. The van der Waals surface area contributed by atoms with Crippen molar-refractivity contribution in [3.63, 3.8) is 0 Å². The predicted molar refractivity (Wildman–Crippen MR) is 84.4 cm³/mol. The Morgan fingerprint density at radius 1 is 1.38 bits per heavy atom. The molecular weight excluding hydrogens is 389 g/mol. The quantitative estimate of drug-likeness (QED) is 0.779. The summed E-state index contributed by atoms with van der Waals surface area (Å²) in [6, 6.07) is 1.44. The number of halogens is 4. The second kappa shape index (κ2) is 7.49. The second-order valence-electron chi connectivity index (χ2n) is 4.70. The van der Waals surface area contributed by atoms with Gasteiger partial charge in [-0.05, 0) is 12.1 Å². The van der Waals surface area contributed by atoms with E-state index in [-0.39, 0.29) is 6.42 Å². The summed E-state index contributed by atoms with van der Waals surface area (Å²) in [6.07, 6.45) is -6.64. The van der Waals surface area contributed by atoms with Gasteiger partial charge >= 0.3 is 12.1 Å². The van der Waals surface area contributed by atoms with E-state index in [2.05, 4.69) is 4.98 Å². The van der Waals surface area contributed by atoms with Gasteiger partial charge in [-0.3, -0.25) is 4.79 Å². The molecule has 2 N–H and O–H groups in total. The maximum Gasteiger partial charge on any atom is 0.391 e. The highest BCUT2D eigenvalue weighted by molar-refractivity contribution is 7.23. The van der Waals surface area contributed by atoms with Crippen LogP contribution in [0.3, 0.4) is 0 Å². The van der Waals surface area contributed by atoms with Crippen LogP contribution in [0.25, 0.3) is 9.88 Å². The number of alkyl halides is 3. The Balaban J connectivity index is 1.99. The van der Waals surface area contributed by atoms with Crippen molar-refractivity contribution in [3.8, 4) is 9.88 Å². The largest absolute Gasteiger partial charge is 0.480 e. The standard InChI is InChI=1S/C13H10ClF3N2O3S2/c14-9-2-1-8(24-9)11-18-6(5-23-11)3-10(20)19-7(12(21)22)4-13(15,16)17/h1-2,5,7H,3-4H2,(H,19,20)(H,21,22). The minimum atomic E-state index is -4.69. The Morgan fingerprint density at radius 2 is 2.08 bits per heavy atom. The number of carbonyl (C=O) groups is 2. The lowest BCUT2D eigenvalue weighted by molar-refractivity contribution is -0.159. The molecule has 1 amide bonds. The normalized spacial score (nSPS) is 12.8. The Bertz CT molecular complexity index is 745. The Hall–Kier alpha value is -1.65. The van der Waals surface area contributed by atoms with Crippen LogP contribution >= 0.6 is 34.3 Å². The number of thiophene rings is 1. The van der Waals surface area contributed by atoms with Crippen molar-refractivity contribution < 1.29 is 27.9 Å². The van der Waals surface area contributed by atoms with Crippen LogP contribution in [0.2, 0.25) is 4.34 Å². The molecule has 24 heavy (non-hydrogen) atoms. The first-order valence-electron chi connectivity index (χ1n) is 6.43. The number of hydrogen-bond donors (Lipinski definition) is 2. The Kier molecular flexibility index (Phi) is 5.83. The average Bonchev–Trinajstić information content (AvgIpc) is 3.05. The molecule has 0 saturated carbocycles. The smallest absolute Gasteiger partial charge is 0.391 e. The molecule has 1 unspecified atom stereocenters. The van der Waals surface area contributed by atoms with Crippen LogP contribution in [0.15, 0.2) is 17.5 Å². The van der Waals surface area contributed by atoms with E-state index >= 15 is 0 Å².